The van der Waals surface area contributed by atoms with Gasteiger partial charge in [0.2, 0.25) is 5.89 Å². The summed E-state index contributed by atoms with van der Waals surface area (Å²) in [5, 5.41) is 11.4. The van der Waals surface area contributed by atoms with E-state index >= 15 is 0 Å². The number of hydrogen-bond acceptors (Lipinski definition) is 5. The molecule has 5 heteroatoms. The van der Waals surface area contributed by atoms with Gasteiger partial charge in [0.15, 0.2) is 0 Å². The van der Waals surface area contributed by atoms with E-state index in [1.54, 1.807) is 0 Å². The molecular formula is C13H19N3O2. The van der Waals surface area contributed by atoms with Crippen molar-refractivity contribution in [1.29, 1.82) is 0 Å². The molecule has 0 radical (unpaired) electrons. The van der Waals surface area contributed by atoms with E-state index in [4.69, 9.17) is 8.83 Å². The first-order valence-corrected chi connectivity index (χ1v) is 6.19. The molecule has 0 fully saturated rings. The van der Waals surface area contributed by atoms with E-state index in [1.165, 1.54) is 0 Å². The average molecular weight is 249 g/mol. The fourth-order valence-electron chi connectivity index (χ4n) is 1.77. The molecule has 0 aliphatic rings. The summed E-state index contributed by atoms with van der Waals surface area (Å²) in [6.45, 7) is 8.85. The van der Waals surface area contributed by atoms with Crippen LogP contribution < -0.4 is 5.32 Å². The Labute approximate surface area is 107 Å². The summed E-state index contributed by atoms with van der Waals surface area (Å²) in [5.74, 6) is 2.84. The van der Waals surface area contributed by atoms with Gasteiger partial charge in [-0.05, 0) is 19.9 Å². The zero-order valence-corrected chi connectivity index (χ0v) is 11.3. The molecule has 2 aromatic rings. The maximum Gasteiger partial charge on any atom is 0.251 e. The van der Waals surface area contributed by atoms with E-state index in [9.17, 15) is 0 Å². The number of aromatic nitrogens is 2. The Morgan fingerprint density at radius 1 is 1.22 bits per heavy atom. The van der Waals surface area contributed by atoms with Gasteiger partial charge in [0.25, 0.3) is 5.89 Å². The van der Waals surface area contributed by atoms with Crippen LogP contribution in [0.5, 0.6) is 0 Å². The summed E-state index contributed by atoms with van der Waals surface area (Å²) in [6.07, 6.45) is 0.737. The second-order valence-electron chi connectivity index (χ2n) is 4.69. The largest absolute Gasteiger partial charge is 0.466 e. The van der Waals surface area contributed by atoms with Gasteiger partial charge in [-0.3, -0.25) is 0 Å². The summed E-state index contributed by atoms with van der Waals surface area (Å²) >= 11 is 0. The summed E-state index contributed by atoms with van der Waals surface area (Å²) < 4.78 is 11.1. The molecule has 0 saturated carbocycles. The van der Waals surface area contributed by atoms with Gasteiger partial charge < -0.3 is 14.2 Å². The van der Waals surface area contributed by atoms with Crippen LogP contribution in [0.3, 0.4) is 0 Å². The van der Waals surface area contributed by atoms with Crippen molar-refractivity contribution >= 4 is 0 Å². The van der Waals surface area contributed by atoms with E-state index in [1.807, 2.05) is 19.9 Å². The van der Waals surface area contributed by atoms with Crippen molar-refractivity contribution in [2.75, 3.05) is 6.54 Å². The van der Waals surface area contributed by atoms with Gasteiger partial charge >= 0.3 is 0 Å². The van der Waals surface area contributed by atoms with Crippen molar-refractivity contribution in [3.05, 3.63) is 23.5 Å². The minimum absolute atomic E-state index is 0.464. The van der Waals surface area contributed by atoms with Crippen molar-refractivity contribution in [2.45, 2.75) is 40.2 Å². The topological polar surface area (TPSA) is 64.1 Å². The Morgan fingerprint density at radius 2 is 2.00 bits per heavy atom. The third-order valence-electron chi connectivity index (χ3n) is 2.63. The van der Waals surface area contributed by atoms with Gasteiger partial charge in [0.1, 0.15) is 11.5 Å². The van der Waals surface area contributed by atoms with Crippen LogP contribution in [0.2, 0.25) is 0 Å². The van der Waals surface area contributed by atoms with Gasteiger partial charge in [-0.25, -0.2) is 0 Å². The van der Waals surface area contributed by atoms with Crippen LogP contribution in [0.15, 0.2) is 14.9 Å². The Hall–Kier alpha value is -1.62. The van der Waals surface area contributed by atoms with E-state index in [-0.39, 0.29) is 0 Å². The molecule has 0 spiro atoms. The molecule has 0 unspecified atom stereocenters. The third-order valence-corrected chi connectivity index (χ3v) is 2.63. The summed E-state index contributed by atoms with van der Waals surface area (Å²) in [4.78, 5) is 0. The van der Waals surface area contributed by atoms with Gasteiger partial charge in [-0.15, -0.1) is 10.2 Å². The molecule has 2 rings (SSSR count). The first-order chi connectivity index (χ1) is 8.56. The van der Waals surface area contributed by atoms with Gasteiger partial charge in [0.05, 0.1) is 5.56 Å². The number of furan rings is 1. The zero-order valence-electron chi connectivity index (χ0n) is 11.3. The van der Waals surface area contributed by atoms with E-state index in [0.717, 1.165) is 30.0 Å². The highest BCUT2D eigenvalue weighted by Gasteiger charge is 2.14. The van der Waals surface area contributed by atoms with E-state index in [0.29, 0.717) is 17.8 Å². The molecule has 0 aliphatic heterocycles. The van der Waals surface area contributed by atoms with Crippen molar-refractivity contribution in [2.24, 2.45) is 0 Å². The van der Waals surface area contributed by atoms with Crippen LogP contribution >= 0.6 is 0 Å². The zero-order chi connectivity index (χ0) is 13.1. The van der Waals surface area contributed by atoms with Crippen LogP contribution in [0.4, 0.5) is 0 Å². The van der Waals surface area contributed by atoms with Crippen LogP contribution in [0, 0.1) is 13.8 Å². The number of hydrogen-bond donors (Lipinski definition) is 1. The molecule has 0 aliphatic carbocycles. The fraction of sp³-hybridized carbons (Fsp3) is 0.538. The van der Waals surface area contributed by atoms with E-state index in [2.05, 4.69) is 29.4 Å². The molecule has 2 heterocycles. The van der Waals surface area contributed by atoms with Crippen molar-refractivity contribution in [3.63, 3.8) is 0 Å². The average Bonchev–Trinajstić information content (AvgIpc) is 2.85. The molecule has 0 atom stereocenters. The van der Waals surface area contributed by atoms with Crippen LogP contribution in [-0.4, -0.2) is 22.8 Å². The first-order valence-electron chi connectivity index (χ1n) is 6.19. The molecule has 0 amide bonds. The molecule has 2 aromatic heterocycles. The third kappa shape index (κ3) is 2.98. The Kier molecular flexibility index (Phi) is 3.81. The molecular weight excluding hydrogens is 230 g/mol. The highest BCUT2D eigenvalue weighted by atomic mass is 16.4. The second kappa shape index (κ2) is 5.35. The lowest BCUT2D eigenvalue weighted by Gasteiger charge is -2.04. The molecule has 18 heavy (non-hydrogen) atoms. The summed E-state index contributed by atoms with van der Waals surface area (Å²) in [6, 6.07) is 2.38. The standard InChI is InChI=1S/C13H19N3O2/c1-8(2)14-6-5-12-15-16-13(18-12)11-7-9(3)17-10(11)4/h7-8,14H,5-6H2,1-4H3. The Balaban J connectivity index is 2.04. The van der Waals surface area contributed by atoms with Crippen LogP contribution in [-0.2, 0) is 6.42 Å². The minimum atomic E-state index is 0.464. The smallest absolute Gasteiger partial charge is 0.251 e. The summed E-state index contributed by atoms with van der Waals surface area (Å²) in [5.41, 5.74) is 0.878. The SMILES string of the molecule is Cc1cc(-c2nnc(CCNC(C)C)o2)c(C)o1. The first kappa shape index (κ1) is 12.8. The monoisotopic (exact) mass is 249 g/mol. The second-order valence-corrected chi connectivity index (χ2v) is 4.69. The maximum atomic E-state index is 5.62. The predicted molar refractivity (Wildman–Crippen MR) is 68.3 cm³/mol. The van der Waals surface area contributed by atoms with Gasteiger partial charge in [-0.2, -0.15) is 0 Å². The van der Waals surface area contributed by atoms with Crippen LogP contribution in [0.1, 0.15) is 31.3 Å². The molecule has 0 saturated heterocycles. The minimum Gasteiger partial charge on any atom is -0.466 e. The lowest BCUT2D eigenvalue weighted by atomic mass is 10.2. The maximum absolute atomic E-state index is 5.62. The van der Waals surface area contributed by atoms with Gasteiger partial charge in [0, 0.05) is 19.0 Å². The van der Waals surface area contributed by atoms with Gasteiger partial charge in [-0.1, -0.05) is 13.8 Å². The molecule has 0 bridgehead atoms. The fourth-order valence-corrected chi connectivity index (χ4v) is 1.77. The molecule has 1 N–H and O–H groups in total. The van der Waals surface area contributed by atoms with Crippen LogP contribution in [0.25, 0.3) is 11.5 Å². The highest BCUT2D eigenvalue weighted by Crippen LogP contribution is 2.25. The lowest BCUT2D eigenvalue weighted by molar-refractivity contribution is 0.480. The molecule has 5 nitrogen and oxygen atoms in total. The van der Waals surface area contributed by atoms with Crippen molar-refractivity contribution in [1.82, 2.24) is 15.5 Å². The number of nitrogens with zero attached hydrogens (tertiary/aromatic N) is 2. The van der Waals surface area contributed by atoms with E-state index < -0.39 is 0 Å². The molecule has 0 aromatic carbocycles. The normalized spacial score (nSPS) is 11.4. The summed E-state index contributed by atoms with van der Waals surface area (Å²) in [7, 11) is 0. The quantitative estimate of drug-likeness (QED) is 0.882. The highest BCUT2D eigenvalue weighted by molar-refractivity contribution is 5.55. The number of aryl methyl sites for hydroxylation is 2. The van der Waals surface area contributed by atoms with Crippen molar-refractivity contribution < 1.29 is 8.83 Å². The number of rotatable bonds is 5. The Bertz CT molecular complexity index is 514. The Morgan fingerprint density at radius 3 is 2.61 bits per heavy atom. The predicted octanol–water partition coefficient (Wildman–Crippen LogP) is 2.49. The van der Waals surface area contributed by atoms with Crippen molar-refractivity contribution in [3.8, 4) is 11.5 Å². The lowest BCUT2D eigenvalue weighted by Crippen LogP contribution is -2.25. The molecule has 98 valence electrons. The number of nitrogens with one attached hydrogen (secondary N) is 1.